The standard InChI is InChI=1S/C19H20N4O2S/c1-23-17(12-14-6-4-3-5-7-14)21-22-19(23)26-13-18(24)20-15-8-10-16(25-2)11-9-15/h3-11H,12-13H2,1-2H3,(H,20,24). The number of methoxy groups -OCH3 is 1. The SMILES string of the molecule is COc1ccc(NC(=O)CSc2nnc(Cc3ccccc3)n2C)cc1. The lowest BCUT2D eigenvalue weighted by atomic mass is 10.1. The molecule has 0 aliphatic heterocycles. The van der Waals surface area contributed by atoms with Crippen molar-refractivity contribution in [3.8, 4) is 5.75 Å². The number of rotatable bonds is 7. The number of nitrogens with zero attached hydrogens (tertiary/aromatic N) is 3. The van der Waals surface area contributed by atoms with Gasteiger partial charge < -0.3 is 14.6 Å². The van der Waals surface area contributed by atoms with Crippen molar-refractivity contribution in [1.29, 1.82) is 0 Å². The molecule has 0 spiro atoms. The predicted molar refractivity (Wildman–Crippen MR) is 103 cm³/mol. The average Bonchev–Trinajstić information content (AvgIpc) is 3.01. The number of benzene rings is 2. The summed E-state index contributed by atoms with van der Waals surface area (Å²) >= 11 is 1.37. The van der Waals surface area contributed by atoms with E-state index in [1.165, 1.54) is 17.3 Å². The van der Waals surface area contributed by atoms with Crippen LogP contribution in [-0.2, 0) is 18.3 Å². The van der Waals surface area contributed by atoms with Gasteiger partial charge in [0.15, 0.2) is 5.16 Å². The molecule has 3 rings (SSSR count). The van der Waals surface area contributed by atoms with Crippen molar-refractivity contribution >= 4 is 23.4 Å². The van der Waals surface area contributed by atoms with Crippen LogP contribution in [0.15, 0.2) is 59.8 Å². The number of nitrogens with one attached hydrogen (secondary N) is 1. The molecule has 0 saturated heterocycles. The molecule has 2 aromatic carbocycles. The maximum absolute atomic E-state index is 12.1. The van der Waals surface area contributed by atoms with E-state index in [-0.39, 0.29) is 11.7 Å². The molecular weight excluding hydrogens is 348 g/mol. The zero-order valence-corrected chi connectivity index (χ0v) is 15.5. The second-order valence-electron chi connectivity index (χ2n) is 5.69. The maximum atomic E-state index is 12.1. The van der Waals surface area contributed by atoms with Crippen LogP contribution in [0.2, 0.25) is 0 Å². The van der Waals surface area contributed by atoms with Crippen LogP contribution in [0, 0.1) is 0 Å². The van der Waals surface area contributed by atoms with Gasteiger partial charge in [-0.1, -0.05) is 42.1 Å². The molecule has 1 aromatic heterocycles. The van der Waals surface area contributed by atoms with Crippen molar-refractivity contribution in [1.82, 2.24) is 14.8 Å². The van der Waals surface area contributed by atoms with E-state index in [2.05, 4.69) is 27.6 Å². The fourth-order valence-corrected chi connectivity index (χ4v) is 3.13. The third kappa shape index (κ3) is 4.64. The van der Waals surface area contributed by atoms with E-state index in [9.17, 15) is 4.79 Å². The molecule has 134 valence electrons. The second kappa shape index (κ2) is 8.53. The summed E-state index contributed by atoms with van der Waals surface area (Å²) in [5, 5.41) is 12.0. The quantitative estimate of drug-likeness (QED) is 0.649. The number of hydrogen-bond acceptors (Lipinski definition) is 5. The number of carbonyl (C=O) groups excluding carboxylic acids is 1. The first-order chi connectivity index (χ1) is 12.7. The second-order valence-corrected chi connectivity index (χ2v) is 6.63. The van der Waals surface area contributed by atoms with Crippen LogP contribution in [0.1, 0.15) is 11.4 Å². The molecule has 1 heterocycles. The highest BCUT2D eigenvalue weighted by Crippen LogP contribution is 2.19. The fourth-order valence-electron chi connectivity index (χ4n) is 2.40. The molecule has 0 bridgehead atoms. The Bertz CT molecular complexity index is 863. The lowest BCUT2D eigenvalue weighted by Crippen LogP contribution is -2.14. The Morgan fingerprint density at radius 3 is 2.54 bits per heavy atom. The van der Waals surface area contributed by atoms with E-state index in [1.807, 2.05) is 41.9 Å². The summed E-state index contributed by atoms with van der Waals surface area (Å²) < 4.78 is 7.03. The van der Waals surface area contributed by atoms with E-state index in [4.69, 9.17) is 4.74 Å². The van der Waals surface area contributed by atoms with Gasteiger partial charge in [0, 0.05) is 19.2 Å². The first-order valence-electron chi connectivity index (χ1n) is 8.14. The van der Waals surface area contributed by atoms with Crippen molar-refractivity contribution in [2.24, 2.45) is 7.05 Å². The molecule has 0 atom stereocenters. The Kier molecular flexibility index (Phi) is 5.91. The minimum atomic E-state index is -0.0900. The van der Waals surface area contributed by atoms with Crippen molar-refractivity contribution in [3.05, 3.63) is 66.0 Å². The Morgan fingerprint density at radius 2 is 1.85 bits per heavy atom. The van der Waals surface area contributed by atoms with Crippen LogP contribution < -0.4 is 10.1 Å². The molecule has 1 N–H and O–H groups in total. The fraction of sp³-hybridized carbons (Fsp3) is 0.211. The summed E-state index contributed by atoms with van der Waals surface area (Å²) in [6, 6.07) is 17.3. The molecule has 1 amide bonds. The lowest BCUT2D eigenvalue weighted by Gasteiger charge is -2.06. The number of hydrogen-bond donors (Lipinski definition) is 1. The van der Waals surface area contributed by atoms with Crippen LogP contribution in [0.3, 0.4) is 0 Å². The highest BCUT2D eigenvalue weighted by molar-refractivity contribution is 7.99. The summed E-state index contributed by atoms with van der Waals surface area (Å²) in [5.41, 5.74) is 1.91. The maximum Gasteiger partial charge on any atom is 0.234 e. The van der Waals surface area contributed by atoms with E-state index in [0.717, 1.165) is 22.4 Å². The largest absolute Gasteiger partial charge is 0.497 e. The summed E-state index contributed by atoms with van der Waals surface area (Å²) in [7, 11) is 3.53. The smallest absolute Gasteiger partial charge is 0.234 e. The lowest BCUT2D eigenvalue weighted by molar-refractivity contribution is -0.113. The number of carbonyl (C=O) groups is 1. The number of ether oxygens (including phenoxy) is 1. The van der Waals surface area contributed by atoms with E-state index in [1.54, 1.807) is 19.2 Å². The Labute approximate surface area is 156 Å². The van der Waals surface area contributed by atoms with Crippen molar-refractivity contribution in [2.75, 3.05) is 18.2 Å². The summed E-state index contributed by atoms with van der Waals surface area (Å²) in [6.07, 6.45) is 0.711. The molecule has 0 aliphatic carbocycles. The third-order valence-electron chi connectivity index (χ3n) is 3.84. The molecule has 26 heavy (non-hydrogen) atoms. The normalized spacial score (nSPS) is 10.5. The van der Waals surface area contributed by atoms with E-state index >= 15 is 0 Å². The first-order valence-corrected chi connectivity index (χ1v) is 9.13. The van der Waals surface area contributed by atoms with Crippen molar-refractivity contribution in [3.63, 3.8) is 0 Å². The van der Waals surface area contributed by atoms with Crippen LogP contribution >= 0.6 is 11.8 Å². The Morgan fingerprint density at radius 1 is 1.12 bits per heavy atom. The van der Waals surface area contributed by atoms with Crippen molar-refractivity contribution < 1.29 is 9.53 Å². The van der Waals surface area contributed by atoms with Crippen LogP contribution in [0.5, 0.6) is 5.75 Å². The van der Waals surface area contributed by atoms with Gasteiger partial charge >= 0.3 is 0 Å². The molecule has 6 nitrogen and oxygen atoms in total. The van der Waals surface area contributed by atoms with E-state index < -0.39 is 0 Å². The summed E-state index contributed by atoms with van der Waals surface area (Å²) in [6.45, 7) is 0. The van der Waals surface area contributed by atoms with Crippen LogP contribution in [0.4, 0.5) is 5.69 Å². The Hall–Kier alpha value is -2.80. The van der Waals surface area contributed by atoms with Gasteiger partial charge in [0.2, 0.25) is 5.91 Å². The highest BCUT2D eigenvalue weighted by atomic mass is 32.2. The topological polar surface area (TPSA) is 69.0 Å². The summed E-state index contributed by atoms with van der Waals surface area (Å²) in [5.74, 6) is 1.80. The number of thioether (sulfide) groups is 1. The first kappa shape index (κ1) is 18.0. The molecule has 7 heteroatoms. The van der Waals surface area contributed by atoms with Crippen LogP contribution in [0.25, 0.3) is 0 Å². The molecular formula is C19H20N4O2S. The molecule has 3 aromatic rings. The Balaban J connectivity index is 1.55. The number of aromatic nitrogens is 3. The van der Waals surface area contributed by atoms with Gasteiger partial charge in [-0.2, -0.15) is 0 Å². The highest BCUT2D eigenvalue weighted by Gasteiger charge is 2.12. The van der Waals surface area contributed by atoms with Gasteiger partial charge in [-0.3, -0.25) is 4.79 Å². The average molecular weight is 368 g/mol. The van der Waals surface area contributed by atoms with Gasteiger partial charge in [0.25, 0.3) is 0 Å². The van der Waals surface area contributed by atoms with Crippen LogP contribution in [-0.4, -0.2) is 33.5 Å². The zero-order valence-electron chi connectivity index (χ0n) is 14.7. The summed E-state index contributed by atoms with van der Waals surface area (Å²) in [4.78, 5) is 12.1. The molecule has 0 aliphatic rings. The minimum absolute atomic E-state index is 0.0900. The third-order valence-corrected chi connectivity index (χ3v) is 4.86. The molecule has 0 radical (unpaired) electrons. The van der Waals surface area contributed by atoms with Crippen molar-refractivity contribution in [2.45, 2.75) is 11.6 Å². The van der Waals surface area contributed by atoms with Gasteiger partial charge in [-0.05, 0) is 29.8 Å². The van der Waals surface area contributed by atoms with Gasteiger partial charge in [0.1, 0.15) is 11.6 Å². The molecule has 0 saturated carbocycles. The molecule has 0 fully saturated rings. The molecule has 0 unspecified atom stereocenters. The monoisotopic (exact) mass is 368 g/mol. The van der Waals surface area contributed by atoms with Gasteiger partial charge in [-0.15, -0.1) is 10.2 Å². The number of anilines is 1. The minimum Gasteiger partial charge on any atom is -0.497 e. The zero-order chi connectivity index (χ0) is 18.4. The van der Waals surface area contributed by atoms with E-state index in [0.29, 0.717) is 6.42 Å². The van der Waals surface area contributed by atoms with Gasteiger partial charge in [0.05, 0.1) is 12.9 Å². The predicted octanol–water partition coefficient (Wildman–Crippen LogP) is 3.15. The number of amides is 1. The van der Waals surface area contributed by atoms with Gasteiger partial charge in [-0.25, -0.2) is 0 Å².